The molecule has 1 aliphatic rings. The van der Waals surface area contributed by atoms with Crippen LogP contribution in [0.25, 0.3) is 5.57 Å². The van der Waals surface area contributed by atoms with Gasteiger partial charge >= 0.3 is 0 Å². The minimum absolute atomic E-state index is 0.198. The highest BCUT2D eigenvalue weighted by atomic mass is 35.5. The van der Waals surface area contributed by atoms with Crippen molar-refractivity contribution in [1.82, 2.24) is 0 Å². The molecule has 0 saturated carbocycles. The average Bonchev–Trinajstić information content (AvgIpc) is 3.05. The number of aryl methyl sites for hydroxylation is 1. The van der Waals surface area contributed by atoms with Crippen LogP contribution in [-0.2, 0) is 9.59 Å². The molecule has 1 heterocycles. The van der Waals surface area contributed by atoms with Crippen molar-refractivity contribution in [2.45, 2.75) is 13.8 Å². The molecule has 7 heteroatoms. The predicted octanol–water partition coefficient (Wildman–Crippen LogP) is 5.45. The van der Waals surface area contributed by atoms with E-state index in [1.807, 2.05) is 26.0 Å². The number of imide groups is 1. The maximum absolute atomic E-state index is 13.6. The van der Waals surface area contributed by atoms with Gasteiger partial charge in [-0.2, -0.15) is 0 Å². The first-order valence-electron chi connectivity index (χ1n) is 10.5. The normalized spacial score (nSPS) is 13.5. The summed E-state index contributed by atoms with van der Waals surface area (Å²) < 4.78 is 10.7. The number of amides is 2. The zero-order valence-corrected chi connectivity index (χ0v) is 19.3. The topological polar surface area (TPSA) is 67.9 Å². The molecule has 2 amide bonds. The summed E-state index contributed by atoms with van der Waals surface area (Å²) in [5.41, 5.74) is 2.96. The number of ether oxygens (including phenoxy) is 2. The zero-order chi connectivity index (χ0) is 23.5. The van der Waals surface area contributed by atoms with Crippen molar-refractivity contribution in [1.29, 1.82) is 0 Å². The second kappa shape index (κ2) is 9.38. The number of rotatable bonds is 7. The lowest BCUT2D eigenvalue weighted by Crippen LogP contribution is -2.33. The van der Waals surface area contributed by atoms with Gasteiger partial charge in [-0.15, -0.1) is 0 Å². The van der Waals surface area contributed by atoms with Crippen LogP contribution in [0, 0.1) is 6.92 Å². The summed E-state index contributed by atoms with van der Waals surface area (Å²) in [6.07, 6.45) is 0. The molecule has 0 saturated heterocycles. The van der Waals surface area contributed by atoms with E-state index in [0.717, 1.165) is 11.3 Å². The fourth-order valence-electron chi connectivity index (χ4n) is 3.71. The molecule has 0 unspecified atom stereocenters. The number of hydrogen-bond donors (Lipinski definition) is 1. The van der Waals surface area contributed by atoms with E-state index in [9.17, 15) is 9.59 Å². The quantitative estimate of drug-likeness (QED) is 0.473. The number of carbonyl (C=O) groups is 2. The summed E-state index contributed by atoms with van der Waals surface area (Å²) >= 11 is 6.09. The van der Waals surface area contributed by atoms with Crippen molar-refractivity contribution in [3.05, 3.63) is 88.6 Å². The Morgan fingerprint density at radius 3 is 2.18 bits per heavy atom. The van der Waals surface area contributed by atoms with Crippen LogP contribution in [0.1, 0.15) is 18.1 Å². The molecule has 0 radical (unpaired) electrons. The van der Waals surface area contributed by atoms with Gasteiger partial charge in [0.1, 0.15) is 17.2 Å². The Labute approximate surface area is 197 Å². The van der Waals surface area contributed by atoms with E-state index in [0.29, 0.717) is 34.3 Å². The number of methoxy groups -OCH3 is 1. The molecule has 6 nitrogen and oxygen atoms in total. The first kappa shape index (κ1) is 22.4. The van der Waals surface area contributed by atoms with Crippen molar-refractivity contribution in [3.8, 4) is 11.5 Å². The molecule has 0 bridgehead atoms. The van der Waals surface area contributed by atoms with E-state index in [1.54, 1.807) is 61.7 Å². The Balaban J connectivity index is 1.78. The number of benzene rings is 3. The first-order chi connectivity index (χ1) is 15.9. The molecule has 0 aliphatic carbocycles. The summed E-state index contributed by atoms with van der Waals surface area (Å²) in [7, 11) is 1.57. The number of halogens is 1. The highest BCUT2D eigenvalue weighted by molar-refractivity contribution is 6.46. The Bertz CT molecular complexity index is 1230. The van der Waals surface area contributed by atoms with Crippen LogP contribution in [-0.4, -0.2) is 25.5 Å². The van der Waals surface area contributed by atoms with Crippen LogP contribution in [0.2, 0.25) is 5.02 Å². The van der Waals surface area contributed by atoms with Gasteiger partial charge in [-0.25, -0.2) is 4.90 Å². The fraction of sp³-hybridized carbons (Fsp3) is 0.154. The summed E-state index contributed by atoms with van der Waals surface area (Å²) in [4.78, 5) is 28.3. The predicted molar refractivity (Wildman–Crippen MR) is 130 cm³/mol. The van der Waals surface area contributed by atoms with E-state index >= 15 is 0 Å². The Hall–Kier alpha value is -3.77. The second-order valence-electron chi connectivity index (χ2n) is 7.44. The standard InChI is InChI=1S/C26H23ClN2O4/c1-4-33-21-12-8-19(9-13-21)28-24-23(17-5-10-20(32-3)11-6-17)25(30)29(26(24)31)22-14-7-18(27)15-16(22)2/h5-15,28H,4H2,1-3H3. The van der Waals surface area contributed by atoms with Gasteiger partial charge in [-0.1, -0.05) is 23.7 Å². The maximum Gasteiger partial charge on any atom is 0.282 e. The lowest BCUT2D eigenvalue weighted by molar-refractivity contribution is -0.120. The molecule has 3 aromatic rings. The van der Waals surface area contributed by atoms with Gasteiger partial charge in [0.05, 0.1) is 25.0 Å². The number of anilines is 2. The molecule has 0 fully saturated rings. The fourth-order valence-corrected chi connectivity index (χ4v) is 3.93. The molecular weight excluding hydrogens is 440 g/mol. The number of hydrogen-bond acceptors (Lipinski definition) is 5. The van der Waals surface area contributed by atoms with Crippen molar-refractivity contribution < 1.29 is 19.1 Å². The van der Waals surface area contributed by atoms with Crippen molar-refractivity contribution in [3.63, 3.8) is 0 Å². The van der Waals surface area contributed by atoms with Crippen molar-refractivity contribution >= 4 is 40.4 Å². The summed E-state index contributed by atoms with van der Waals surface area (Å²) in [6, 6.07) is 19.3. The SMILES string of the molecule is CCOc1ccc(NC2=C(c3ccc(OC)cc3)C(=O)N(c3ccc(Cl)cc3C)C2=O)cc1. The van der Waals surface area contributed by atoms with Crippen LogP contribution >= 0.6 is 11.6 Å². The molecule has 1 aliphatic heterocycles. The van der Waals surface area contributed by atoms with E-state index in [1.165, 1.54) is 4.90 Å². The van der Waals surface area contributed by atoms with E-state index in [-0.39, 0.29) is 11.3 Å². The monoisotopic (exact) mass is 462 g/mol. The summed E-state index contributed by atoms with van der Waals surface area (Å²) in [5.74, 6) is 0.524. The summed E-state index contributed by atoms with van der Waals surface area (Å²) in [5, 5.41) is 3.69. The van der Waals surface area contributed by atoms with Crippen molar-refractivity contribution in [2.24, 2.45) is 0 Å². The van der Waals surface area contributed by atoms with Gasteiger partial charge in [-0.3, -0.25) is 9.59 Å². The largest absolute Gasteiger partial charge is 0.497 e. The third-order valence-corrected chi connectivity index (χ3v) is 5.53. The lowest BCUT2D eigenvalue weighted by atomic mass is 10.0. The molecule has 3 aromatic carbocycles. The molecule has 1 N–H and O–H groups in total. The maximum atomic E-state index is 13.6. The van der Waals surface area contributed by atoms with Crippen LogP contribution in [0.4, 0.5) is 11.4 Å². The van der Waals surface area contributed by atoms with Crippen LogP contribution < -0.4 is 19.7 Å². The highest BCUT2D eigenvalue weighted by Crippen LogP contribution is 2.36. The smallest absolute Gasteiger partial charge is 0.282 e. The van der Waals surface area contributed by atoms with E-state index in [4.69, 9.17) is 21.1 Å². The van der Waals surface area contributed by atoms with E-state index in [2.05, 4.69) is 5.32 Å². The summed E-state index contributed by atoms with van der Waals surface area (Å²) in [6.45, 7) is 4.28. The van der Waals surface area contributed by atoms with Gasteiger partial charge in [0.25, 0.3) is 11.8 Å². The third-order valence-electron chi connectivity index (χ3n) is 5.30. The van der Waals surface area contributed by atoms with Gasteiger partial charge < -0.3 is 14.8 Å². The molecule has 4 rings (SSSR count). The van der Waals surface area contributed by atoms with Crippen LogP contribution in [0.3, 0.4) is 0 Å². The molecule has 168 valence electrons. The number of nitrogens with one attached hydrogen (secondary N) is 1. The second-order valence-corrected chi connectivity index (χ2v) is 7.87. The van der Waals surface area contributed by atoms with Gasteiger partial charge in [0.15, 0.2) is 0 Å². The number of nitrogens with zero attached hydrogens (tertiary/aromatic N) is 1. The van der Waals surface area contributed by atoms with Gasteiger partial charge in [0.2, 0.25) is 0 Å². The zero-order valence-electron chi connectivity index (χ0n) is 18.5. The minimum Gasteiger partial charge on any atom is -0.497 e. The highest BCUT2D eigenvalue weighted by Gasteiger charge is 2.40. The molecule has 0 spiro atoms. The van der Waals surface area contributed by atoms with E-state index < -0.39 is 11.8 Å². The lowest BCUT2D eigenvalue weighted by Gasteiger charge is -2.18. The molecule has 0 atom stereocenters. The van der Waals surface area contributed by atoms with Gasteiger partial charge in [-0.05, 0) is 79.6 Å². The van der Waals surface area contributed by atoms with Crippen molar-refractivity contribution in [2.75, 3.05) is 23.9 Å². The Kier molecular flexibility index (Phi) is 6.38. The minimum atomic E-state index is -0.440. The third kappa shape index (κ3) is 4.43. The Morgan fingerprint density at radius 2 is 1.58 bits per heavy atom. The molecule has 0 aromatic heterocycles. The van der Waals surface area contributed by atoms with Crippen LogP contribution in [0.15, 0.2) is 72.4 Å². The first-order valence-corrected chi connectivity index (χ1v) is 10.8. The Morgan fingerprint density at radius 1 is 0.909 bits per heavy atom. The number of carbonyl (C=O) groups excluding carboxylic acids is 2. The average molecular weight is 463 g/mol. The molecular formula is C26H23ClN2O4. The molecule has 33 heavy (non-hydrogen) atoms. The van der Waals surface area contributed by atoms with Crippen LogP contribution in [0.5, 0.6) is 11.5 Å². The van der Waals surface area contributed by atoms with Gasteiger partial charge in [0, 0.05) is 10.7 Å².